The molecule has 7 nitrogen and oxygen atoms in total. The molecule has 1 aromatic heterocycles. The summed E-state index contributed by atoms with van der Waals surface area (Å²) in [5.41, 5.74) is -0.332. The highest BCUT2D eigenvalue weighted by Crippen LogP contribution is 2.27. The fourth-order valence-corrected chi connectivity index (χ4v) is 2.65. The number of hydrogen-bond donors (Lipinski definition) is 2. The fourth-order valence-electron chi connectivity index (χ4n) is 2.02. The van der Waals surface area contributed by atoms with Gasteiger partial charge < -0.3 is 9.84 Å². The Kier molecular flexibility index (Phi) is 5.10. The summed E-state index contributed by atoms with van der Waals surface area (Å²) >= 11 is 0. The zero-order valence-electron chi connectivity index (χ0n) is 13.7. The number of nitrogens with zero attached hydrogens (tertiary/aromatic N) is 1. The number of sulfone groups is 1. The Morgan fingerprint density at radius 2 is 1.88 bits per heavy atom. The molecule has 8 heteroatoms. The topological polar surface area (TPSA) is 109 Å². The van der Waals surface area contributed by atoms with E-state index in [2.05, 4.69) is 10.2 Å². The van der Waals surface area contributed by atoms with E-state index in [9.17, 15) is 18.3 Å². The molecule has 24 heavy (non-hydrogen) atoms. The van der Waals surface area contributed by atoms with Crippen LogP contribution in [-0.2, 0) is 9.84 Å². The Labute approximate surface area is 140 Å². The number of H-pyrrole nitrogens is 1. The van der Waals surface area contributed by atoms with E-state index in [1.807, 2.05) is 0 Å². The van der Waals surface area contributed by atoms with Crippen LogP contribution in [-0.4, -0.2) is 42.2 Å². The lowest BCUT2D eigenvalue weighted by Crippen LogP contribution is -2.23. The van der Waals surface area contributed by atoms with Crippen LogP contribution in [0.2, 0.25) is 0 Å². The first-order chi connectivity index (χ1) is 11.1. The van der Waals surface area contributed by atoms with Gasteiger partial charge in [-0.05, 0) is 31.5 Å². The van der Waals surface area contributed by atoms with Gasteiger partial charge in [0.25, 0.3) is 0 Å². The van der Waals surface area contributed by atoms with Gasteiger partial charge in [-0.15, -0.1) is 0 Å². The SMILES string of the molecule is CC(C)(O)CCOc1c(-c2ccc(S(C)(=O)=O)cc2)cn[nH]c1=O. The number of nitrogens with one attached hydrogen (secondary N) is 1. The lowest BCUT2D eigenvalue weighted by Gasteiger charge is -2.17. The van der Waals surface area contributed by atoms with Gasteiger partial charge in [-0.25, -0.2) is 13.5 Å². The summed E-state index contributed by atoms with van der Waals surface area (Å²) in [4.78, 5) is 12.2. The molecule has 0 atom stereocenters. The molecular weight excluding hydrogens is 332 g/mol. The largest absolute Gasteiger partial charge is 0.487 e. The van der Waals surface area contributed by atoms with Crippen molar-refractivity contribution in [1.29, 1.82) is 0 Å². The Hall–Kier alpha value is -2.19. The maximum atomic E-state index is 12.0. The average molecular weight is 352 g/mol. The second kappa shape index (κ2) is 6.74. The van der Waals surface area contributed by atoms with E-state index in [1.54, 1.807) is 26.0 Å². The molecule has 0 amide bonds. The van der Waals surface area contributed by atoms with Crippen LogP contribution >= 0.6 is 0 Å². The number of aliphatic hydroxyl groups is 1. The van der Waals surface area contributed by atoms with Gasteiger partial charge in [0.15, 0.2) is 15.6 Å². The summed E-state index contributed by atoms with van der Waals surface area (Å²) in [6, 6.07) is 6.12. The summed E-state index contributed by atoms with van der Waals surface area (Å²) < 4.78 is 28.6. The van der Waals surface area contributed by atoms with Gasteiger partial charge in [-0.1, -0.05) is 12.1 Å². The van der Waals surface area contributed by atoms with Gasteiger partial charge in [0.1, 0.15) is 0 Å². The standard InChI is InChI=1S/C16H20N2O5S/c1-16(2,20)8-9-23-14-13(10-17-18-15(14)19)11-4-6-12(7-5-11)24(3,21)22/h4-7,10,20H,8-9H2,1-3H3,(H,18,19). The summed E-state index contributed by atoms with van der Waals surface area (Å²) in [7, 11) is -3.29. The summed E-state index contributed by atoms with van der Waals surface area (Å²) in [6.45, 7) is 3.46. The van der Waals surface area contributed by atoms with Crippen molar-refractivity contribution in [2.24, 2.45) is 0 Å². The molecule has 0 bridgehead atoms. The van der Waals surface area contributed by atoms with E-state index in [1.165, 1.54) is 18.3 Å². The number of rotatable bonds is 6. The molecule has 2 rings (SSSR count). The molecular formula is C16H20N2O5S. The van der Waals surface area contributed by atoms with E-state index >= 15 is 0 Å². The molecule has 130 valence electrons. The zero-order chi connectivity index (χ0) is 18.0. The highest BCUT2D eigenvalue weighted by molar-refractivity contribution is 7.90. The van der Waals surface area contributed by atoms with Crippen molar-refractivity contribution in [2.75, 3.05) is 12.9 Å². The van der Waals surface area contributed by atoms with Crippen LogP contribution in [0.3, 0.4) is 0 Å². The van der Waals surface area contributed by atoms with Gasteiger partial charge >= 0.3 is 5.56 Å². The van der Waals surface area contributed by atoms with Crippen molar-refractivity contribution >= 4 is 9.84 Å². The second-order valence-electron chi connectivity index (χ2n) is 6.15. The average Bonchev–Trinajstić information content (AvgIpc) is 2.47. The van der Waals surface area contributed by atoms with Crippen molar-refractivity contribution < 1.29 is 18.3 Å². The van der Waals surface area contributed by atoms with Crippen LogP contribution in [0.4, 0.5) is 0 Å². The molecule has 1 aromatic carbocycles. The van der Waals surface area contributed by atoms with Gasteiger partial charge in [0, 0.05) is 18.2 Å². The molecule has 2 aromatic rings. The van der Waals surface area contributed by atoms with Crippen LogP contribution in [0.5, 0.6) is 5.75 Å². The minimum atomic E-state index is -3.29. The Morgan fingerprint density at radius 3 is 2.42 bits per heavy atom. The number of benzene rings is 1. The fraction of sp³-hybridized carbons (Fsp3) is 0.375. The highest BCUT2D eigenvalue weighted by atomic mass is 32.2. The third-order valence-corrected chi connectivity index (χ3v) is 4.49. The molecule has 0 aliphatic heterocycles. The highest BCUT2D eigenvalue weighted by Gasteiger charge is 2.16. The van der Waals surface area contributed by atoms with Gasteiger partial charge in [0.2, 0.25) is 0 Å². The first-order valence-corrected chi connectivity index (χ1v) is 9.20. The number of aromatic amines is 1. The van der Waals surface area contributed by atoms with Crippen LogP contribution in [0.25, 0.3) is 11.1 Å². The predicted octanol–water partition coefficient (Wildman–Crippen LogP) is 1.38. The van der Waals surface area contributed by atoms with E-state index < -0.39 is 21.0 Å². The van der Waals surface area contributed by atoms with E-state index in [0.717, 1.165) is 6.26 Å². The minimum Gasteiger partial charge on any atom is -0.487 e. The quantitative estimate of drug-likeness (QED) is 0.813. The Bertz CT molecular complexity index is 865. The van der Waals surface area contributed by atoms with Crippen molar-refractivity contribution in [3.05, 3.63) is 40.8 Å². The maximum absolute atomic E-state index is 12.0. The molecule has 0 fully saturated rings. The monoisotopic (exact) mass is 352 g/mol. The lowest BCUT2D eigenvalue weighted by atomic mass is 10.1. The summed E-state index contributed by atoms with van der Waals surface area (Å²) in [5.74, 6) is 0.0846. The second-order valence-corrected chi connectivity index (χ2v) is 8.17. The number of ether oxygens (including phenoxy) is 1. The smallest absolute Gasteiger partial charge is 0.307 e. The first-order valence-electron chi connectivity index (χ1n) is 7.31. The molecule has 0 saturated heterocycles. The molecule has 0 radical (unpaired) electrons. The normalized spacial score (nSPS) is 12.2. The van der Waals surface area contributed by atoms with E-state index in [4.69, 9.17) is 4.74 Å². The molecule has 0 aliphatic carbocycles. The minimum absolute atomic E-state index is 0.0846. The van der Waals surface area contributed by atoms with E-state index in [-0.39, 0.29) is 17.3 Å². The van der Waals surface area contributed by atoms with Crippen molar-refractivity contribution in [1.82, 2.24) is 10.2 Å². The van der Waals surface area contributed by atoms with Crippen LogP contribution in [0, 0.1) is 0 Å². The predicted molar refractivity (Wildman–Crippen MR) is 89.8 cm³/mol. The zero-order valence-corrected chi connectivity index (χ0v) is 14.6. The lowest BCUT2D eigenvalue weighted by molar-refractivity contribution is 0.0552. The van der Waals surface area contributed by atoms with Crippen LogP contribution < -0.4 is 10.3 Å². The third kappa shape index (κ3) is 4.65. The number of hydrogen-bond acceptors (Lipinski definition) is 6. The van der Waals surface area contributed by atoms with Gasteiger partial charge in [-0.2, -0.15) is 5.10 Å². The maximum Gasteiger partial charge on any atom is 0.307 e. The van der Waals surface area contributed by atoms with Crippen molar-refractivity contribution in [3.8, 4) is 16.9 Å². The molecule has 0 unspecified atom stereocenters. The number of aromatic nitrogens is 2. The molecule has 1 heterocycles. The summed E-state index contributed by atoms with van der Waals surface area (Å²) in [5, 5.41) is 15.8. The first kappa shape index (κ1) is 18.2. The Balaban J connectivity index is 2.34. The van der Waals surface area contributed by atoms with Crippen molar-refractivity contribution in [2.45, 2.75) is 30.8 Å². The molecule has 0 aliphatic rings. The van der Waals surface area contributed by atoms with E-state index in [0.29, 0.717) is 17.5 Å². The molecule has 2 N–H and O–H groups in total. The van der Waals surface area contributed by atoms with Gasteiger partial charge in [0.05, 0.1) is 23.3 Å². The Morgan fingerprint density at radius 1 is 1.25 bits per heavy atom. The molecule has 0 spiro atoms. The third-order valence-electron chi connectivity index (χ3n) is 3.36. The molecule has 0 saturated carbocycles. The van der Waals surface area contributed by atoms with Crippen LogP contribution in [0.1, 0.15) is 20.3 Å². The van der Waals surface area contributed by atoms with Crippen LogP contribution in [0.15, 0.2) is 40.2 Å². The van der Waals surface area contributed by atoms with Crippen molar-refractivity contribution in [3.63, 3.8) is 0 Å². The van der Waals surface area contributed by atoms with Gasteiger partial charge in [-0.3, -0.25) is 4.79 Å². The summed E-state index contributed by atoms with van der Waals surface area (Å²) in [6.07, 6.45) is 2.92.